The van der Waals surface area contributed by atoms with Crippen LogP contribution in [-0.4, -0.2) is 34.1 Å². The van der Waals surface area contributed by atoms with E-state index >= 15 is 0 Å². The van der Waals surface area contributed by atoms with Crippen molar-refractivity contribution in [1.29, 1.82) is 0 Å². The molecule has 0 bridgehead atoms. The summed E-state index contributed by atoms with van der Waals surface area (Å²) in [5.74, 6) is 1.83. The van der Waals surface area contributed by atoms with Gasteiger partial charge in [0.2, 0.25) is 11.9 Å². The van der Waals surface area contributed by atoms with Crippen LogP contribution in [0.25, 0.3) is 0 Å². The fourth-order valence-electron chi connectivity index (χ4n) is 1.65. The summed E-state index contributed by atoms with van der Waals surface area (Å²) in [6.45, 7) is 12.0. The Morgan fingerprint density at radius 3 is 2.20 bits per heavy atom. The van der Waals surface area contributed by atoms with Crippen LogP contribution >= 0.6 is 0 Å². The van der Waals surface area contributed by atoms with Crippen LogP contribution in [0.2, 0.25) is 0 Å². The highest BCUT2D eigenvalue weighted by molar-refractivity contribution is 5.35. The maximum absolute atomic E-state index is 5.54. The second-order valence-electron chi connectivity index (χ2n) is 5.42. The maximum atomic E-state index is 5.54. The van der Waals surface area contributed by atoms with Gasteiger partial charge >= 0.3 is 6.01 Å². The smallest absolute Gasteiger partial charge is 0.323 e. The average Bonchev–Trinajstić information content (AvgIpc) is 2.34. The van der Waals surface area contributed by atoms with Crippen molar-refractivity contribution >= 4 is 11.9 Å². The molecule has 0 saturated heterocycles. The third kappa shape index (κ3) is 6.54. The first kappa shape index (κ1) is 16.5. The second-order valence-corrected chi connectivity index (χ2v) is 5.42. The summed E-state index contributed by atoms with van der Waals surface area (Å²) in [5.41, 5.74) is 0. The minimum atomic E-state index is 0.0423. The zero-order valence-electron chi connectivity index (χ0n) is 13.2. The molecule has 1 rings (SSSR count). The summed E-state index contributed by atoms with van der Waals surface area (Å²) in [6.07, 6.45) is 2.33. The van der Waals surface area contributed by atoms with E-state index in [9.17, 15) is 0 Å². The van der Waals surface area contributed by atoms with Gasteiger partial charge in [-0.1, -0.05) is 13.8 Å². The van der Waals surface area contributed by atoms with E-state index < -0.39 is 0 Å². The highest BCUT2D eigenvalue weighted by atomic mass is 16.5. The van der Waals surface area contributed by atoms with E-state index in [0.717, 1.165) is 19.5 Å². The summed E-state index contributed by atoms with van der Waals surface area (Å²) in [4.78, 5) is 12.8. The standard InChI is InChI=1S/C14H27N5O/c1-6-15-12-17-13(16-9-7-8-10(2)3)19-14(18-12)20-11(4)5/h10-11H,6-9H2,1-5H3,(H2,15,16,17,18,19). The fourth-order valence-corrected chi connectivity index (χ4v) is 1.65. The minimum Gasteiger partial charge on any atom is -0.461 e. The predicted molar refractivity (Wildman–Crippen MR) is 82.3 cm³/mol. The van der Waals surface area contributed by atoms with Crippen LogP contribution in [0.4, 0.5) is 11.9 Å². The van der Waals surface area contributed by atoms with Gasteiger partial charge in [0.1, 0.15) is 0 Å². The molecule has 2 N–H and O–H groups in total. The van der Waals surface area contributed by atoms with Gasteiger partial charge in [-0.25, -0.2) is 0 Å². The lowest BCUT2D eigenvalue weighted by Gasteiger charge is -2.12. The molecule has 20 heavy (non-hydrogen) atoms. The van der Waals surface area contributed by atoms with E-state index in [0.29, 0.717) is 23.8 Å². The first-order valence-corrected chi connectivity index (χ1v) is 7.41. The van der Waals surface area contributed by atoms with Gasteiger partial charge in [0, 0.05) is 13.1 Å². The van der Waals surface area contributed by atoms with Crippen LogP contribution in [0.1, 0.15) is 47.5 Å². The topological polar surface area (TPSA) is 72.0 Å². The number of nitrogens with zero attached hydrogens (tertiary/aromatic N) is 3. The van der Waals surface area contributed by atoms with Crippen molar-refractivity contribution in [3.8, 4) is 6.01 Å². The molecule has 0 unspecified atom stereocenters. The molecule has 0 spiro atoms. The van der Waals surface area contributed by atoms with Crippen molar-refractivity contribution < 1.29 is 4.74 Å². The van der Waals surface area contributed by atoms with Crippen molar-refractivity contribution in [3.05, 3.63) is 0 Å². The molecular formula is C14H27N5O. The number of hydrogen-bond acceptors (Lipinski definition) is 6. The highest BCUT2D eigenvalue weighted by Crippen LogP contribution is 2.13. The van der Waals surface area contributed by atoms with E-state index in [1.807, 2.05) is 20.8 Å². The van der Waals surface area contributed by atoms with Gasteiger partial charge in [-0.05, 0) is 39.5 Å². The Kier molecular flexibility index (Phi) is 7.04. The number of ether oxygens (including phenoxy) is 1. The van der Waals surface area contributed by atoms with Gasteiger partial charge in [-0.3, -0.25) is 0 Å². The molecule has 1 aromatic heterocycles. The van der Waals surface area contributed by atoms with Crippen LogP contribution in [0, 0.1) is 5.92 Å². The fraction of sp³-hybridized carbons (Fsp3) is 0.786. The summed E-state index contributed by atoms with van der Waals surface area (Å²) < 4.78 is 5.54. The lowest BCUT2D eigenvalue weighted by atomic mass is 10.1. The normalized spacial score (nSPS) is 10.9. The minimum absolute atomic E-state index is 0.0423. The summed E-state index contributed by atoms with van der Waals surface area (Å²) in [7, 11) is 0. The number of aromatic nitrogens is 3. The third-order valence-electron chi connectivity index (χ3n) is 2.53. The van der Waals surface area contributed by atoms with Gasteiger partial charge in [0.05, 0.1) is 6.10 Å². The van der Waals surface area contributed by atoms with Crippen molar-refractivity contribution in [2.24, 2.45) is 5.92 Å². The van der Waals surface area contributed by atoms with Gasteiger partial charge < -0.3 is 15.4 Å². The molecule has 6 nitrogen and oxygen atoms in total. The third-order valence-corrected chi connectivity index (χ3v) is 2.53. The zero-order valence-corrected chi connectivity index (χ0v) is 13.2. The van der Waals surface area contributed by atoms with Crippen molar-refractivity contribution in [1.82, 2.24) is 15.0 Å². The van der Waals surface area contributed by atoms with E-state index in [-0.39, 0.29) is 6.10 Å². The van der Waals surface area contributed by atoms with Crippen LogP contribution in [0.5, 0.6) is 6.01 Å². The van der Waals surface area contributed by atoms with Crippen molar-refractivity contribution in [2.75, 3.05) is 23.7 Å². The molecule has 114 valence electrons. The molecule has 1 aromatic rings. The molecule has 6 heteroatoms. The van der Waals surface area contributed by atoms with Crippen molar-refractivity contribution in [3.63, 3.8) is 0 Å². The van der Waals surface area contributed by atoms with E-state index in [1.165, 1.54) is 6.42 Å². The molecule has 0 atom stereocenters. The molecule has 0 fully saturated rings. The molecule has 0 amide bonds. The molecule has 0 aromatic carbocycles. The Balaban J connectivity index is 2.65. The van der Waals surface area contributed by atoms with Gasteiger partial charge in [-0.2, -0.15) is 15.0 Å². The van der Waals surface area contributed by atoms with Crippen LogP contribution in [0.3, 0.4) is 0 Å². The van der Waals surface area contributed by atoms with Crippen molar-refractivity contribution in [2.45, 2.75) is 53.6 Å². The van der Waals surface area contributed by atoms with Gasteiger partial charge in [0.25, 0.3) is 0 Å². The molecule has 1 heterocycles. The predicted octanol–water partition coefficient (Wildman–Crippen LogP) is 2.94. The number of anilines is 2. The average molecular weight is 281 g/mol. The lowest BCUT2D eigenvalue weighted by molar-refractivity contribution is 0.222. The quantitative estimate of drug-likeness (QED) is 0.678. The molecular weight excluding hydrogens is 254 g/mol. The van der Waals surface area contributed by atoms with Gasteiger partial charge in [0.15, 0.2) is 0 Å². The molecule has 0 aliphatic rings. The number of rotatable bonds is 9. The summed E-state index contributed by atoms with van der Waals surface area (Å²) in [6, 6.07) is 0.359. The maximum Gasteiger partial charge on any atom is 0.323 e. The first-order chi connectivity index (χ1) is 9.51. The summed E-state index contributed by atoms with van der Waals surface area (Å²) >= 11 is 0. The Bertz CT molecular complexity index is 395. The first-order valence-electron chi connectivity index (χ1n) is 7.41. The van der Waals surface area contributed by atoms with E-state index in [4.69, 9.17) is 4.74 Å². The molecule has 0 aliphatic heterocycles. The van der Waals surface area contributed by atoms with Crippen LogP contribution < -0.4 is 15.4 Å². The Morgan fingerprint density at radius 1 is 1.00 bits per heavy atom. The number of nitrogens with one attached hydrogen (secondary N) is 2. The monoisotopic (exact) mass is 281 g/mol. The largest absolute Gasteiger partial charge is 0.461 e. The molecule has 0 aliphatic carbocycles. The Morgan fingerprint density at radius 2 is 1.65 bits per heavy atom. The van der Waals surface area contributed by atoms with Gasteiger partial charge in [-0.15, -0.1) is 0 Å². The van der Waals surface area contributed by atoms with Crippen LogP contribution in [0.15, 0.2) is 0 Å². The van der Waals surface area contributed by atoms with E-state index in [2.05, 4.69) is 39.4 Å². The molecule has 0 saturated carbocycles. The summed E-state index contributed by atoms with van der Waals surface area (Å²) in [5, 5.41) is 6.32. The highest BCUT2D eigenvalue weighted by Gasteiger charge is 2.08. The van der Waals surface area contributed by atoms with E-state index in [1.54, 1.807) is 0 Å². The van der Waals surface area contributed by atoms with Crippen LogP contribution in [-0.2, 0) is 0 Å². The lowest BCUT2D eigenvalue weighted by Crippen LogP contribution is -2.14. The molecule has 0 radical (unpaired) electrons. The number of hydrogen-bond donors (Lipinski definition) is 2. The second kappa shape index (κ2) is 8.55. The Hall–Kier alpha value is -1.59. The SMILES string of the molecule is CCNc1nc(NCCCC(C)C)nc(OC(C)C)n1. The zero-order chi connectivity index (χ0) is 15.0. The Labute approximate surface area is 121 Å².